The first-order valence-electron chi connectivity index (χ1n) is 15.3. The molecule has 7 rings (SSSR count). The quantitative estimate of drug-likeness (QED) is 0.306. The maximum absolute atomic E-state index is 13.7. The van der Waals surface area contributed by atoms with E-state index in [1.54, 1.807) is 24.3 Å². The van der Waals surface area contributed by atoms with Crippen LogP contribution in [-0.2, 0) is 21.1 Å². The molecule has 45 heavy (non-hydrogen) atoms. The first-order valence-corrected chi connectivity index (χ1v) is 17.2. The second-order valence-corrected chi connectivity index (χ2v) is 14.7. The van der Waals surface area contributed by atoms with E-state index in [9.17, 15) is 21.6 Å². The minimum Gasteiger partial charge on any atom is -0.495 e. The number of alkyl halides is 3. The summed E-state index contributed by atoms with van der Waals surface area (Å²) in [4.78, 5) is 2.72. The number of fused-ring (bicyclic) bond motifs is 3. The number of aromatic nitrogens is 1. The standard InChI is InChI=1S/C33H39F3N4O4S/c1-32(39-19-24-17-25(20-39)44-24)13-11-22(12-14-32)38-28-7-4-8-30-27(28)16-23(40(30)21-33(34,35)36)6-5-15-37-29-10-9-26(45(3,41)42)18-31(29)43-2/h4,7-10,16,18,22,24-25,37-38H,11-15,17,19-21H2,1-3H3/t22-,24?,25?,32+. The Hall–Kier alpha value is -3.40. The third kappa shape index (κ3) is 6.90. The van der Waals surface area contributed by atoms with Crippen molar-refractivity contribution in [2.45, 2.75) is 80.4 Å². The second-order valence-electron chi connectivity index (χ2n) is 12.7. The van der Waals surface area contributed by atoms with Crippen LogP contribution in [0.25, 0.3) is 10.9 Å². The summed E-state index contributed by atoms with van der Waals surface area (Å²) in [7, 11) is -1.98. The van der Waals surface area contributed by atoms with Crippen LogP contribution in [0.1, 0.15) is 44.7 Å². The van der Waals surface area contributed by atoms with Gasteiger partial charge in [-0.05, 0) is 68.9 Å². The molecule has 0 amide bonds. The molecule has 0 radical (unpaired) electrons. The lowest BCUT2D eigenvalue weighted by Crippen LogP contribution is -2.64. The van der Waals surface area contributed by atoms with E-state index in [0.717, 1.165) is 50.7 Å². The lowest BCUT2D eigenvalue weighted by atomic mass is 9.77. The molecule has 2 bridgehead atoms. The zero-order valence-corrected chi connectivity index (χ0v) is 26.5. The van der Waals surface area contributed by atoms with Gasteiger partial charge in [-0.25, -0.2) is 8.42 Å². The zero-order valence-electron chi connectivity index (χ0n) is 25.7. The molecule has 3 aromatic rings. The van der Waals surface area contributed by atoms with Crippen LogP contribution in [-0.4, -0.2) is 80.8 Å². The molecule has 12 heteroatoms. The lowest BCUT2D eigenvalue weighted by molar-refractivity contribution is -0.201. The Morgan fingerprint density at radius 3 is 2.44 bits per heavy atom. The Labute approximate surface area is 262 Å². The minimum atomic E-state index is -4.42. The maximum atomic E-state index is 13.7. The number of benzene rings is 2. The maximum Gasteiger partial charge on any atom is 0.406 e. The highest BCUT2D eigenvalue weighted by Crippen LogP contribution is 2.40. The molecular weight excluding hydrogens is 605 g/mol. The lowest BCUT2D eigenvalue weighted by Gasteiger charge is -2.55. The van der Waals surface area contributed by atoms with Gasteiger partial charge >= 0.3 is 6.18 Å². The number of anilines is 2. The molecule has 8 nitrogen and oxygen atoms in total. The Kier molecular flexibility index (Phi) is 8.48. The van der Waals surface area contributed by atoms with Crippen LogP contribution >= 0.6 is 0 Å². The highest BCUT2D eigenvalue weighted by atomic mass is 32.2. The molecule has 242 valence electrons. The first-order chi connectivity index (χ1) is 21.3. The summed E-state index contributed by atoms with van der Waals surface area (Å²) in [6.07, 6.45) is 2.69. The molecule has 0 spiro atoms. The number of sulfone groups is 1. The third-order valence-electron chi connectivity index (χ3n) is 9.41. The fourth-order valence-corrected chi connectivity index (χ4v) is 7.54. The van der Waals surface area contributed by atoms with Gasteiger partial charge in [-0.3, -0.25) is 4.90 Å². The fourth-order valence-electron chi connectivity index (χ4n) is 6.90. The van der Waals surface area contributed by atoms with Crippen molar-refractivity contribution in [1.82, 2.24) is 9.47 Å². The van der Waals surface area contributed by atoms with E-state index in [2.05, 4.69) is 34.3 Å². The predicted octanol–water partition coefficient (Wildman–Crippen LogP) is 5.67. The van der Waals surface area contributed by atoms with Gasteiger partial charge in [0.1, 0.15) is 12.3 Å². The van der Waals surface area contributed by atoms with Gasteiger partial charge in [0.2, 0.25) is 0 Å². The Morgan fingerprint density at radius 2 is 1.80 bits per heavy atom. The molecule has 2 atom stereocenters. The van der Waals surface area contributed by atoms with Crippen molar-refractivity contribution in [3.05, 3.63) is 48.2 Å². The van der Waals surface area contributed by atoms with Crippen LogP contribution < -0.4 is 15.4 Å². The topological polar surface area (TPSA) is 84.8 Å². The van der Waals surface area contributed by atoms with Crippen molar-refractivity contribution >= 4 is 32.1 Å². The van der Waals surface area contributed by atoms with Crippen LogP contribution in [0.4, 0.5) is 24.5 Å². The molecular formula is C33H39F3N4O4S. The van der Waals surface area contributed by atoms with Gasteiger partial charge in [0.05, 0.1) is 47.7 Å². The van der Waals surface area contributed by atoms with Gasteiger partial charge in [-0.2, -0.15) is 13.2 Å². The number of nitrogens with one attached hydrogen (secondary N) is 2. The molecule has 2 unspecified atom stereocenters. The SMILES string of the molecule is COc1cc(S(C)(=O)=O)ccc1NCC#Cc1cc2c(N[C@H]3CC[C@@](C)(N4CC5CC(C4)O5)CC3)cccc2n1CC(F)(F)F. The number of nitrogens with zero attached hydrogens (tertiary/aromatic N) is 2. The van der Waals surface area contributed by atoms with E-state index in [0.29, 0.717) is 34.5 Å². The predicted molar refractivity (Wildman–Crippen MR) is 169 cm³/mol. The van der Waals surface area contributed by atoms with E-state index in [1.165, 1.54) is 30.2 Å². The molecule has 3 aliphatic heterocycles. The van der Waals surface area contributed by atoms with E-state index < -0.39 is 22.6 Å². The summed E-state index contributed by atoms with van der Waals surface area (Å²) in [6, 6.07) is 11.8. The van der Waals surface area contributed by atoms with Crippen LogP contribution in [0.2, 0.25) is 0 Å². The number of morpholine rings is 1. The molecule has 2 N–H and O–H groups in total. The summed E-state index contributed by atoms with van der Waals surface area (Å²) in [5, 5.41) is 7.42. The molecule has 1 aliphatic carbocycles. The van der Waals surface area contributed by atoms with Crippen molar-refractivity contribution in [2.75, 3.05) is 43.6 Å². The molecule has 3 saturated heterocycles. The van der Waals surface area contributed by atoms with Gasteiger partial charge in [0, 0.05) is 54.5 Å². The monoisotopic (exact) mass is 644 g/mol. The second kappa shape index (κ2) is 12.1. The highest BCUT2D eigenvalue weighted by molar-refractivity contribution is 7.90. The molecule has 4 heterocycles. The number of rotatable bonds is 8. The summed E-state index contributed by atoms with van der Waals surface area (Å²) < 4.78 is 77.2. The number of piperidine rings is 1. The fraction of sp³-hybridized carbons (Fsp3) is 0.515. The summed E-state index contributed by atoms with van der Waals surface area (Å²) >= 11 is 0. The highest BCUT2D eigenvalue weighted by Gasteiger charge is 2.46. The van der Waals surface area contributed by atoms with E-state index in [1.807, 2.05) is 6.07 Å². The Balaban J connectivity index is 1.18. The molecule has 1 aromatic heterocycles. The number of methoxy groups -OCH3 is 1. The van der Waals surface area contributed by atoms with Crippen LogP contribution in [0, 0.1) is 11.8 Å². The van der Waals surface area contributed by atoms with Crippen molar-refractivity contribution in [3.8, 4) is 17.6 Å². The molecule has 2 aromatic carbocycles. The Morgan fingerprint density at radius 1 is 1.09 bits per heavy atom. The molecule has 4 aliphatic rings. The number of halogens is 3. The van der Waals surface area contributed by atoms with Crippen molar-refractivity contribution in [2.24, 2.45) is 0 Å². The van der Waals surface area contributed by atoms with Crippen LogP contribution in [0.3, 0.4) is 0 Å². The Bertz CT molecular complexity index is 1720. The average molecular weight is 645 g/mol. The van der Waals surface area contributed by atoms with Gasteiger partial charge in [0.15, 0.2) is 9.84 Å². The largest absolute Gasteiger partial charge is 0.495 e. The van der Waals surface area contributed by atoms with Crippen molar-refractivity contribution in [3.63, 3.8) is 0 Å². The van der Waals surface area contributed by atoms with Crippen molar-refractivity contribution in [1.29, 1.82) is 0 Å². The normalized spacial score (nSPS) is 25.2. The molecule has 4 fully saturated rings. The van der Waals surface area contributed by atoms with Gasteiger partial charge in [0.25, 0.3) is 0 Å². The third-order valence-corrected chi connectivity index (χ3v) is 10.5. The van der Waals surface area contributed by atoms with Crippen LogP contribution in [0.15, 0.2) is 47.4 Å². The minimum absolute atomic E-state index is 0.110. The number of ether oxygens (including phenoxy) is 2. The van der Waals surface area contributed by atoms with E-state index in [4.69, 9.17) is 9.47 Å². The van der Waals surface area contributed by atoms with Gasteiger partial charge in [-0.15, -0.1) is 0 Å². The summed E-state index contributed by atoms with van der Waals surface area (Å²) in [5.41, 5.74) is 2.22. The summed E-state index contributed by atoms with van der Waals surface area (Å²) in [5.74, 6) is 6.17. The summed E-state index contributed by atoms with van der Waals surface area (Å²) in [6.45, 7) is 3.31. The van der Waals surface area contributed by atoms with Gasteiger partial charge < -0.3 is 24.7 Å². The van der Waals surface area contributed by atoms with E-state index in [-0.39, 0.29) is 28.7 Å². The first kappa shape index (κ1) is 31.6. The number of hydrogen-bond acceptors (Lipinski definition) is 7. The smallest absolute Gasteiger partial charge is 0.406 e. The average Bonchev–Trinajstić information content (AvgIpc) is 3.32. The zero-order chi connectivity index (χ0) is 32.0. The van der Waals surface area contributed by atoms with Crippen LogP contribution in [0.5, 0.6) is 5.75 Å². The van der Waals surface area contributed by atoms with Gasteiger partial charge in [-0.1, -0.05) is 12.0 Å². The number of hydrogen-bond donors (Lipinski definition) is 2. The molecule has 1 saturated carbocycles. The van der Waals surface area contributed by atoms with E-state index >= 15 is 0 Å². The van der Waals surface area contributed by atoms with Crippen molar-refractivity contribution < 1.29 is 31.1 Å².